The first kappa shape index (κ1) is 51.3. The van der Waals surface area contributed by atoms with E-state index >= 15 is 0 Å². The number of aliphatic carboxylic acids is 1. The van der Waals surface area contributed by atoms with Crippen LogP contribution in [0, 0.1) is 0 Å². The quantitative estimate of drug-likeness (QED) is 0.0267. The zero-order valence-electron chi connectivity index (χ0n) is 35.4. The zero-order valence-corrected chi connectivity index (χ0v) is 35.4. The van der Waals surface area contributed by atoms with Crippen LogP contribution >= 0.6 is 0 Å². The van der Waals surface area contributed by atoms with Gasteiger partial charge in [-0.25, -0.2) is 0 Å². The smallest absolute Gasteiger partial charge is 0.306 e. The topological polar surface area (TPSA) is 102 Å². The molecule has 0 saturated carbocycles. The van der Waals surface area contributed by atoms with Crippen molar-refractivity contribution in [1.82, 2.24) is 0 Å². The highest BCUT2D eigenvalue weighted by molar-refractivity contribution is 5.70. The van der Waals surface area contributed by atoms with Crippen molar-refractivity contribution in [1.29, 1.82) is 0 Å². The molecule has 0 aliphatic rings. The lowest BCUT2D eigenvalue weighted by molar-refractivity contribution is -0.889. The zero-order chi connectivity index (χ0) is 40.0. The van der Waals surface area contributed by atoms with Gasteiger partial charge in [-0.2, -0.15) is 0 Å². The summed E-state index contributed by atoms with van der Waals surface area (Å²) < 4.78 is 17.1. The van der Waals surface area contributed by atoms with Crippen LogP contribution in [0.4, 0.5) is 0 Å². The Kier molecular flexibility index (Phi) is 35.4. The number of hydrogen-bond donors (Lipinski definition) is 0. The highest BCUT2D eigenvalue weighted by Gasteiger charge is 2.25. The summed E-state index contributed by atoms with van der Waals surface area (Å²) in [6.07, 6.45) is 42.7. The molecule has 8 heteroatoms. The molecule has 0 bridgehead atoms. The number of carboxylic acids is 1. The van der Waals surface area contributed by atoms with Gasteiger partial charge in [-0.1, -0.05) is 152 Å². The number of carbonyl (C=O) groups is 3. The van der Waals surface area contributed by atoms with E-state index in [4.69, 9.17) is 14.2 Å². The fourth-order valence-electron chi connectivity index (χ4n) is 6.12. The summed E-state index contributed by atoms with van der Waals surface area (Å²) in [7, 11) is 5.39. The van der Waals surface area contributed by atoms with E-state index in [2.05, 4.69) is 62.5 Å². The number of quaternary nitrogens is 1. The molecule has 0 radical (unpaired) electrons. The molecule has 0 spiro atoms. The Bertz CT molecular complexity index is 1030. The normalized spacial score (nSPS) is 13.4. The number of ether oxygens (including phenoxy) is 3. The first-order valence-corrected chi connectivity index (χ1v) is 21.7. The van der Waals surface area contributed by atoms with Crippen LogP contribution in [-0.4, -0.2) is 75.5 Å². The molecule has 0 aromatic carbocycles. The molecule has 0 aliphatic carbocycles. The third-order valence-electron chi connectivity index (χ3n) is 9.48. The maximum absolute atomic E-state index is 12.7. The summed E-state index contributed by atoms with van der Waals surface area (Å²) in [5, 5.41) is 11.6. The molecule has 2 atom stereocenters. The van der Waals surface area contributed by atoms with Gasteiger partial charge in [-0.15, -0.1) is 0 Å². The van der Waals surface area contributed by atoms with Gasteiger partial charge in [0.25, 0.3) is 0 Å². The van der Waals surface area contributed by atoms with Crippen molar-refractivity contribution in [3.63, 3.8) is 0 Å². The number of hydrogen-bond acceptors (Lipinski definition) is 7. The van der Waals surface area contributed by atoms with Crippen molar-refractivity contribution in [3.05, 3.63) is 48.6 Å². The highest BCUT2D eigenvalue weighted by atomic mass is 16.6. The maximum atomic E-state index is 12.7. The number of unbranched alkanes of at least 4 members (excludes halogenated alkanes) is 16. The summed E-state index contributed by atoms with van der Waals surface area (Å²) in [5.41, 5.74) is 0. The van der Waals surface area contributed by atoms with Gasteiger partial charge in [-0.05, 0) is 51.4 Å². The number of carboxylic acid groups (broad SMARTS) is 1. The van der Waals surface area contributed by atoms with E-state index in [-0.39, 0.29) is 42.7 Å². The number of rotatable bonds is 38. The van der Waals surface area contributed by atoms with Gasteiger partial charge < -0.3 is 28.6 Å². The SMILES string of the molecule is CC/C=C/C/C=C/C/C=C/C/C=C/CCCCCC(=O)OCC(COCCC(C(=O)[O-])[N+](C)(C)C)OC(=O)CCCCCCCCCCCCCCCC. The van der Waals surface area contributed by atoms with Crippen molar-refractivity contribution in [3.8, 4) is 0 Å². The highest BCUT2D eigenvalue weighted by Crippen LogP contribution is 2.14. The molecular weight excluding hydrogens is 679 g/mol. The van der Waals surface area contributed by atoms with Crippen molar-refractivity contribution in [2.45, 2.75) is 187 Å². The Hall–Kier alpha value is -2.71. The van der Waals surface area contributed by atoms with Crippen LogP contribution in [0.1, 0.15) is 174 Å². The minimum atomic E-state index is -1.13. The first-order valence-electron chi connectivity index (χ1n) is 21.7. The Morgan fingerprint density at radius 1 is 0.574 bits per heavy atom. The van der Waals surface area contributed by atoms with Gasteiger partial charge in [-0.3, -0.25) is 9.59 Å². The van der Waals surface area contributed by atoms with Crippen LogP contribution in [0.5, 0.6) is 0 Å². The lowest BCUT2D eigenvalue weighted by Crippen LogP contribution is -2.55. The third-order valence-corrected chi connectivity index (χ3v) is 9.48. The monoisotopic (exact) mass is 760 g/mol. The number of allylic oxidation sites excluding steroid dienone is 8. The Balaban J connectivity index is 4.41. The number of esters is 2. The van der Waals surface area contributed by atoms with E-state index in [1.165, 1.54) is 70.6 Å². The lowest BCUT2D eigenvalue weighted by atomic mass is 10.0. The fourth-order valence-corrected chi connectivity index (χ4v) is 6.12. The molecule has 54 heavy (non-hydrogen) atoms. The molecule has 0 aromatic heterocycles. The molecule has 8 nitrogen and oxygen atoms in total. The van der Waals surface area contributed by atoms with Crippen molar-refractivity contribution in [2.24, 2.45) is 0 Å². The lowest BCUT2D eigenvalue weighted by Gasteiger charge is -2.34. The summed E-state index contributed by atoms with van der Waals surface area (Å²) in [6.45, 7) is 4.51. The van der Waals surface area contributed by atoms with Crippen LogP contribution in [0.3, 0.4) is 0 Å². The van der Waals surface area contributed by atoms with Gasteiger partial charge in [0.1, 0.15) is 12.6 Å². The van der Waals surface area contributed by atoms with Crippen LogP contribution in [0.15, 0.2) is 48.6 Å². The van der Waals surface area contributed by atoms with Gasteiger partial charge in [0, 0.05) is 19.3 Å². The van der Waals surface area contributed by atoms with E-state index in [0.717, 1.165) is 70.6 Å². The van der Waals surface area contributed by atoms with Crippen molar-refractivity contribution in [2.75, 3.05) is 41.0 Å². The molecule has 0 rings (SSSR count). The van der Waals surface area contributed by atoms with Crippen molar-refractivity contribution < 1.29 is 38.2 Å². The van der Waals surface area contributed by atoms with E-state index in [9.17, 15) is 19.5 Å². The molecule has 0 aromatic rings. The summed E-state index contributed by atoms with van der Waals surface area (Å²) >= 11 is 0. The molecular formula is C46H81NO7. The average molecular weight is 760 g/mol. The third kappa shape index (κ3) is 35.0. The van der Waals surface area contributed by atoms with E-state index in [1.54, 1.807) is 21.1 Å². The summed E-state index contributed by atoms with van der Waals surface area (Å²) in [4.78, 5) is 36.8. The molecule has 2 unspecified atom stereocenters. The van der Waals surface area contributed by atoms with Gasteiger partial charge in [0.15, 0.2) is 6.10 Å². The van der Waals surface area contributed by atoms with Crippen LogP contribution in [0.25, 0.3) is 0 Å². The minimum Gasteiger partial charge on any atom is -0.544 e. The predicted octanol–water partition coefficient (Wildman–Crippen LogP) is 10.3. The van der Waals surface area contributed by atoms with Gasteiger partial charge in [0.2, 0.25) is 0 Å². The van der Waals surface area contributed by atoms with E-state index in [0.29, 0.717) is 12.8 Å². The van der Waals surface area contributed by atoms with Crippen LogP contribution < -0.4 is 5.11 Å². The van der Waals surface area contributed by atoms with Gasteiger partial charge >= 0.3 is 11.9 Å². The van der Waals surface area contributed by atoms with Crippen molar-refractivity contribution >= 4 is 17.9 Å². The maximum Gasteiger partial charge on any atom is 0.306 e. The second kappa shape index (κ2) is 37.2. The number of nitrogens with zero attached hydrogens (tertiary/aromatic N) is 1. The molecule has 0 amide bonds. The van der Waals surface area contributed by atoms with E-state index < -0.39 is 18.1 Å². The second-order valence-electron chi connectivity index (χ2n) is 15.6. The fraction of sp³-hybridized carbons (Fsp3) is 0.761. The average Bonchev–Trinajstić information content (AvgIpc) is 3.12. The summed E-state index contributed by atoms with van der Waals surface area (Å²) in [6, 6.07) is -0.730. The number of carbonyl (C=O) groups excluding carboxylic acids is 3. The molecule has 0 saturated heterocycles. The van der Waals surface area contributed by atoms with E-state index in [1.807, 2.05) is 0 Å². The standard InChI is InChI=1S/C46H81NO7/c1-6-8-10-12-14-16-18-20-22-23-25-26-28-30-32-34-36-44(48)53-41-42(40-52-39-38-43(46(50)51)47(3,4)5)54-45(49)37-35-33-31-29-27-24-21-19-17-15-13-11-9-7-2/h8,10,14,16,20,22,25-26,42-43H,6-7,9,11-13,15,17-19,21,23-24,27-41H2,1-5H3/b10-8+,16-14+,22-20+,26-25+. The minimum absolute atomic E-state index is 0.0313. The Labute approximate surface area is 331 Å². The Morgan fingerprint density at radius 2 is 1.04 bits per heavy atom. The second-order valence-corrected chi connectivity index (χ2v) is 15.6. The van der Waals surface area contributed by atoms with Crippen LogP contribution in [-0.2, 0) is 28.6 Å². The molecule has 0 fully saturated rings. The molecule has 0 aliphatic heterocycles. The summed E-state index contributed by atoms with van der Waals surface area (Å²) in [5.74, 6) is -1.77. The van der Waals surface area contributed by atoms with Crippen LogP contribution in [0.2, 0.25) is 0 Å². The molecule has 312 valence electrons. The predicted molar refractivity (Wildman–Crippen MR) is 222 cm³/mol. The first-order chi connectivity index (χ1) is 26.1. The largest absolute Gasteiger partial charge is 0.544 e. The number of likely N-dealkylation sites (N-methyl/N-ethyl adjacent to an activating group) is 1. The Morgan fingerprint density at radius 3 is 1.54 bits per heavy atom. The molecule has 0 N–H and O–H groups in total. The van der Waals surface area contributed by atoms with Gasteiger partial charge in [0.05, 0.1) is 40.3 Å². The molecule has 0 heterocycles.